The Morgan fingerprint density at radius 3 is 0.700 bits per heavy atom. The van der Waals surface area contributed by atoms with Crippen molar-refractivity contribution in [3.63, 3.8) is 0 Å². The first-order chi connectivity index (χ1) is 19.8. The first-order valence-corrected chi connectivity index (χ1v) is 13.8. The van der Waals surface area contributed by atoms with Gasteiger partial charge in [-0.15, -0.1) is 0 Å². The standard InChI is InChI=1S/C26H51FO13/c1-26(28)40-25-24-39-23-22-38-21-20-37-19-18-36-17-16-35-15-14-34-13-12-33-11-10-32-9-8-31-7-6-30-5-4-29-3-2-27/h2-25H2,1H3. The number of alkyl halides is 1. The summed E-state index contributed by atoms with van der Waals surface area (Å²) in [5.41, 5.74) is 0. The van der Waals surface area contributed by atoms with Gasteiger partial charge in [0.2, 0.25) is 0 Å². The van der Waals surface area contributed by atoms with Crippen molar-refractivity contribution in [2.24, 2.45) is 0 Å². The maximum Gasteiger partial charge on any atom is 0.302 e. The van der Waals surface area contributed by atoms with Gasteiger partial charge in [-0.25, -0.2) is 4.39 Å². The van der Waals surface area contributed by atoms with Crippen LogP contribution >= 0.6 is 0 Å². The molecule has 0 radical (unpaired) electrons. The van der Waals surface area contributed by atoms with Gasteiger partial charge in [-0.1, -0.05) is 0 Å². The molecule has 14 heteroatoms. The van der Waals surface area contributed by atoms with E-state index in [0.717, 1.165) is 0 Å². The summed E-state index contributed by atoms with van der Waals surface area (Å²) in [6.45, 7) is 11.1. The normalized spacial score (nSPS) is 11.3. The zero-order valence-corrected chi connectivity index (χ0v) is 24.2. The van der Waals surface area contributed by atoms with Crippen LogP contribution in [0.1, 0.15) is 6.92 Å². The van der Waals surface area contributed by atoms with Crippen molar-refractivity contribution in [3.8, 4) is 0 Å². The Kier molecular flexibility index (Phi) is 35.1. The average Bonchev–Trinajstić information content (AvgIpc) is 2.95. The summed E-state index contributed by atoms with van der Waals surface area (Å²) in [6.07, 6.45) is 0. The Labute approximate surface area is 238 Å². The highest BCUT2D eigenvalue weighted by Crippen LogP contribution is 1.87. The number of halogens is 1. The second-order valence-electron chi connectivity index (χ2n) is 7.77. The Morgan fingerprint density at radius 1 is 0.350 bits per heavy atom. The van der Waals surface area contributed by atoms with E-state index in [4.69, 9.17) is 56.8 Å². The molecule has 0 spiro atoms. The largest absolute Gasteiger partial charge is 0.463 e. The predicted molar refractivity (Wildman–Crippen MR) is 142 cm³/mol. The molecule has 0 heterocycles. The minimum atomic E-state index is -0.477. The number of rotatable bonds is 35. The molecule has 0 saturated carbocycles. The first kappa shape index (κ1) is 39.0. The van der Waals surface area contributed by atoms with Gasteiger partial charge in [-0.3, -0.25) is 4.79 Å². The highest BCUT2D eigenvalue weighted by molar-refractivity contribution is 5.65. The van der Waals surface area contributed by atoms with Crippen molar-refractivity contribution >= 4 is 5.97 Å². The Balaban J connectivity index is 3.03. The van der Waals surface area contributed by atoms with Crippen molar-refractivity contribution in [1.82, 2.24) is 0 Å². The van der Waals surface area contributed by atoms with Gasteiger partial charge in [0.25, 0.3) is 0 Å². The zero-order chi connectivity index (χ0) is 29.0. The summed E-state index contributed by atoms with van der Waals surface area (Å²) >= 11 is 0. The van der Waals surface area contributed by atoms with Gasteiger partial charge in [0.05, 0.1) is 145 Å². The second kappa shape index (κ2) is 36.0. The lowest BCUT2D eigenvalue weighted by molar-refractivity contribution is -0.142. The molecule has 0 aliphatic heterocycles. The summed E-state index contributed by atoms with van der Waals surface area (Å²) in [5.74, 6) is -0.314. The number of hydrogen-bond donors (Lipinski definition) is 0. The highest BCUT2D eigenvalue weighted by Gasteiger charge is 1.97. The number of ether oxygens (including phenoxy) is 12. The van der Waals surface area contributed by atoms with Crippen molar-refractivity contribution in [1.29, 1.82) is 0 Å². The molecule has 0 saturated heterocycles. The van der Waals surface area contributed by atoms with Gasteiger partial charge in [0, 0.05) is 6.92 Å². The molecule has 0 bridgehead atoms. The van der Waals surface area contributed by atoms with Crippen LogP contribution in [0.2, 0.25) is 0 Å². The monoisotopic (exact) mass is 590 g/mol. The van der Waals surface area contributed by atoms with Crippen LogP contribution in [0.4, 0.5) is 4.39 Å². The van der Waals surface area contributed by atoms with Crippen LogP contribution in [0.5, 0.6) is 0 Å². The molecule has 240 valence electrons. The van der Waals surface area contributed by atoms with E-state index in [2.05, 4.69) is 0 Å². The highest BCUT2D eigenvalue weighted by atomic mass is 19.1. The van der Waals surface area contributed by atoms with Crippen LogP contribution in [0.15, 0.2) is 0 Å². The van der Waals surface area contributed by atoms with Crippen LogP contribution in [0.25, 0.3) is 0 Å². The molecular weight excluding hydrogens is 539 g/mol. The third-order valence-electron chi connectivity index (χ3n) is 4.47. The third kappa shape index (κ3) is 37.0. The SMILES string of the molecule is CC(=O)OCCOCCOCCOCCOCCOCCOCCOCCOCCOCCOCCOCCF. The van der Waals surface area contributed by atoms with Gasteiger partial charge in [-0.2, -0.15) is 0 Å². The number of esters is 1. The van der Waals surface area contributed by atoms with E-state index in [1.165, 1.54) is 6.92 Å². The van der Waals surface area contributed by atoms with E-state index in [-0.39, 0.29) is 19.2 Å². The Bertz CT molecular complexity index is 492. The topological polar surface area (TPSA) is 128 Å². The molecule has 0 unspecified atom stereocenters. The number of carbonyl (C=O) groups is 1. The van der Waals surface area contributed by atoms with Crippen LogP contribution in [0.3, 0.4) is 0 Å². The molecule has 40 heavy (non-hydrogen) atoms. The van der Waals surface area contributed by atoms with Gasteiger partial charge < -0.3 is 56.8 Å². The van der Waals surface area contributed by atoms with Crippen molar-refractivity contribution in [3.05, 3.63) is 0 Å². The summed E-state index contributed by atoms with van der Waals surface area (Å²) in [6, 6.07) is 0. The van der Waals surface area contributed by atoms with E-state index >= 15 is 0 Å². The molecule has 13 nitrogen and oxygen atoms in total. The molecule has 0 N–H and O–H groups in total. The predicted octanol–water partition coefficient (Wildman–Crippen LogP) is 0.702. The fourth-order valence-corrected chi connectivity index (χ4v) is 2.60. The molecule has 0 aliphatic carbocycles. The minimum Gasteiger partial charge on any atom is -0.463 e. The summed E-state index contributed by atoms with van der Waals surface area (Å²) in [5, 5.41) is 0. The van der Waals surface area contributed by atoms with Gasteiger partial charge in [0.1, 0.15) is 13.3 Å². The van der Waals surface area contributed by atoms with Gasteiger partial charge >= 0.3 is 5.97 Å². The molecule has 0 aromatic heterocycles. The van der Waals surface area contributed by atoms with Crippen LogP contribution < -0.4 is 0 Å². The Hall–Kier alpha value is -1.04. The Morgan fingerprint density at radius 2 is 0.525 bits per heavy atom. The van der Waals surface area contributed by atoms with Crippen molar-refractivity contribution in [2.45, 2.75) is 6.92 Å². The molecule has 0 atom stereocenters. The quantitative estimate of drug-likeness (QED) is 0.0760. The molecule has 0 aromatic rings. The first-order valence-electron chi connectivity index (χ1n) is 13.8. The fourth-order valence-electron chi connectivity index (χ4n) is 2.60. The molecule has 0 amide bonds. The molecule has 0 fully saturated rings. The van der Waals surface area contributed by atoms with Crippen LogP contribution in [-0.2, 0) is 61.6 Å². The maximum atomic E-state index is 11.8. The summed E-state index contributed by atoms with van der Waals surface area (Å²) in [4.78, 5) is 10.6. The molecule has 0 aromatic carbocycles. The summed E-state index contributed by atoms with van der Waals surface area (Å²) < 4.78 is 75.3. The number of carbonyl (C=O) groups excluding carboxylic acids is 1. The lowest BCUT2D eigenvalue weighted by Crippen LogP contribution is -2.15. The van der Waals surface area contributed by atoms with E-state index in [1.54, 1.807) is 0 Å². The zero-order valence-electron chi connectivity index (χ0n) is 24.2. The fraction of sp³-hybridized carbons (Fsp3) is 0.962. The minimum absolute atomic E-state index is 0.111. The van der Waals surface area contributed by atoms with E-state index in [0.29, 0.717) is 139 Å². The van der Waals surface area contributed by atoms with E-state index in [1.807, 2.05) is 0 Å². The van der Waals surface area contributed by atoms with E-state index < -0.39 is 6.67 Å². The van der Waals surface area contributed by atoms with Crippen LogP contribution in [0, 0.1) is 0 Å². The summed E-state index contributed by atoms with van der Waals surface area (Å²) in [7, 11) is 0. The van der Waals surface area contributed by atoms with Crippen molar-refractivity contribution < 1.29 is 66.0 Å². The maximum absolute atomic E-state index is 11.8. The molecular formula is C26H51FO13. The second-order valence-corrected chi connectivity index (χ2v) is 7.77. The van der Waals surface area contributed by atoms with Gasteiger partial charge in [0.15, 0.2) is 0 Å². The smallest absolute Gasteiger partial charge is 0.302 e. The van der Waals surface area contributed by atoms with Crippen molar-refractivity contribution in [2.75, 3.05) is 159 Å². The van der Waals surface area contributed by atoms with Gasteiger partial charge in [-0.05, 0) is 0 Å². The molecule has 0 rings (SSSR count). The van der Waals surface area contributed by atoms with E-state index in [9.17, 15) is 9.18 Å². The molecule has 0 aliphatic rings. The lowest BCUT2D eigenvalue weighted by atomic mass is 10.6. The lowest BCUT2D eigenvalue weighted by Gasteiger charge is -2.09. The number of hydrogen-bond acceptors (Lipinski definition) is 13. The average molecular weight is 591 g/mol. The van der Waals surface area contributed by atoms with Crippen LogP contribution in [-0.4, -0.2) is 165 Å². The third-order valence-corrected chi connectivity index (χ3v) is 4.47.